The molecular formula is C11H18N2O6S. The normalized spacial score (nSPS) is 15.5. The van der Waals surface area contributed by atoms with Crippen LogP contribution in [0.15, 0.2) is 11.5 Å². The Bertz CT molecular complexity index is 423. The molecule has 0 aromatic rings. The average molecular weight is 306 g/mol. The van der Waals surface area contributed by atoms with Crippen LogP contribution in [-0.4, -0.2) is 50.1 Å². The van der Waals surface area contributed by atoms with Gasteiger partial charge in [0, 0.05) is 17.2 Å². The van der Waals surface area contributed by atoms with Crippen LogP contribution in [0, 0.1) is 0 Å². The van der Waals surface area contributed by atoms with E-state index < -0.39 is 40.7 Å². The predicted molar refractivity (Wildman–Crippen MR) is 72.2 cm³/mol. The van der Waals surface area contributed by atoms with Crippen LogP contribution in [-0.2, 0) is 25.2 Å². The smallest absolute Gasteiger partial charge is 0.327 e. The Morgan fingerprint density at radius 1 is 1.30 bits per heavy atom. The van der Waals surface area contributed by atoms with E-state index in [4.69, 9.17) is 15.9 Å². The molecule has 114 valence electrons. The topological polar surface area (TPSA) is 147 Å². The first-order valence-electron chi connectivity index (χ1n) is 5.78. The minimum atomic E-state index is -1.50. The molecule has 8 nitrogen and oxygen atoms in total. The van der Waals surface area contributed by atoms with E-state index in [1.54, 1.807) is 6.92 Å². The molecule has 5 N–H and O–H groups in total. The van der Waals surface area contributed by atoms with Crippen LogP contribution < -0.4 is 11.1 Å². The third kappa shape index (κ3) is 7.64. The summed E-state index contributed by atoms with van der Waals surface area (Å²) in [7, 11) is -1.50. The molecule has 1 amide bonds. The molecule has 0 spiro atoms. The SMILES string of the molecule is C/C=C\S(=O)CC(NC(=O)CCC(N)C(=O)O)C(=O)O. The van der Waals surface area contributed by atoms with Crippen molar-refractivity contribution in [2.24, 2.45) is 5.73 Å². The third-order valence-electron chi connectivity index (χ3n) is 2.25. The van der Waals surface area contributed by atoms with E-state index >= 15 is 0 Å². The minimum Gasteiger partial charge on any atom is -0.480 e. The van der Waals surface area contributed by atoms with Gasteiger partial charge in [0.1, 0.15) is 12.1 Å². The van der Waals surface area contributed by atoms with Crippen LogP contribution in [0.1, 0.15) is 19.8 Å². The number of carboxylic acid groups (broad SMARTS) is 2. The van der Waals surface area contributed by atoms with E-state index in [9.17, 15) is 18.6 Å². The lowest BCUT2D eigenvalue weighted by molar-refractivity contribution is -0.141. The van der Waals surface area contributed by atoms with E-state index in [1.807, 2.05) is 0 Å². The van der Waals surface area contributed by atoms with Gasteiger partial charge in [0.15, 0.2) is 0 Å². The second-order valence-electron chi connectivity index (χ2n) is 3.96. The summed E-state index contributed by atoms with van der Waals surface area (Å²) in [6, 6.07) is -2.47. The van der Waals surface area contributed by atoms with Gasteiger partial charge >= 0.3 is 11.9 Å². The molecule has 0 fully saturated rings. The Morgan fingerprint density at radius 3 is 2.35 bits per heavy atom. The number of rotatable bonds is 9. The van der Waals surface area contributed by atoms with Crippen molar-refractivity contribution in [3.8, 4) is 0 Å². The zero-order chi connectivity index (χ0) is 15.7. The van der Waals surface area contributed by atoms with E-state index in [0.29, 0.717) is 0 Å². The van der Waals surface area contributed by atoms with Crippen molar-refractivity contribution in [3.05, 3.63) is 11.5 Å². The Labute approximate surface area is 118 Å². The summed E-state index contributed by atoms with van der Waals surface area (Å²) >= 11 is 0. The van der Waals surface area contributed by atoms with E-state index in [-0.39, 0.29) is 18.6 Å². The summed E-state index contributed by atoms with van der Waals surface area (Å²) in [6.45, 7) is 1.64. The van der Waals surface area contributed by atoms with E-state index in [2.05, 4.69) is 5.32 Å². The summed E-state index contributed by atoms with van der Waals surface area (Å²) in [5.74, 6) is -3.44. The van der Waals surface area contributed by atoms with Gasteiger partial charge in [-0.3, -0.25) is 13.8 Å². The highest BCUT2D eigenvalue weighted by Crippen LogP contribution is 1.98. The van der Waals surface area contributed by atoms with E-state index in [1.165, 1.54) is 11.5 Å². The number of carbonyl (C=O) groups excluding carboxylic acids is 1. The van der Waals surface area contributed by atoms with Crippen molar-refractivity contribution < 1.29 is 28.8 Å². The number of allylic oxidation sites excluding steroid dienone is 1. The highest BCUT2D eigenvalue weighted by Gasteiger charge is 2.22. The predicted octanol–water partition coefficient (Wildman–Crippen LogP) is -0.970. The van der Waals surface area contributed by atoms with Gasteiger partial charge in [-0.25, -0.2) is 4.79 Å². The fourth-order valence-corrected chi connectivity index (χ4v) is 2.19. The highest BCUT2D eigenvalue weighted by atomic mass is 32.2. The molecule has 9 heteroatoms. The molecule has 0 aromatic carbocycles. The monoisotopic (exact) mass is 306 g/mol. The van der Waals surface area contributed by atoms with Gasteiger partial charge in [-0.2, -0.15) is 0 Å². The van der Waals surface area contributed by atoms with Gasteiger partial charge in [0.25, 0.3) is 0 Å². The highest BCUT2D eigenvalue weighted by molar-refractivity contribution is 7.88. The molecule has 0 aliphatic heterocycles. The van der Waals surface area contributed by atoms with Gasteiger partial charge in [-0.15, -0.1) is 0 Å². The fourth-order valence-electron chi connectivity index (χ4n) is 1.22. The number of nitrogens with one attached hydrogen (secondary N) is 1. The molecule has 0 saturated carbocycles. The fraction of sp³-hybridized carbons (Fsp3) is 0.545. The summed E-state index contributed by atoms with van der Waals surface area (Å²) in [4.78, 5) is 32.9. The van der Waals surface area contributed by atoms with Crippen LogP contribution >= 0.6 is 0 Å². The Balaban J connectivity index is 4.38. The molecule has 0 aliphatic carbocycles. The maximum absolute atomic E-state index is 11.5. The Hall–Kier alpha value is -1.74. The zero-order valence-electron chi connectivity index (χ0n) is 10.9. The number of hydrogen-bond donors (Lipinski definition) is 4. The number of nitrogens with two attached hydrogens (primary N) is 1. The third-order valence-corrected chi connectivity index (χ3v) is 3.49. The second kappa shape index (κ2) is 9.21. The van der Waals surface area contributed by atoms with Crippen molar-refractivity contribution in [2.75, 3.05) is 5.75 Å². The summed E-state index contributed by atoms with van der Waals surface area (Å²) < 4.78 is 11.4. The van der Waals surface area contributed by atoms with Crippen molar-refractivity contribution in [1.29, 1.82) is 0 Å². The largest absolute Gasteiger partial charge is 0.480 e. The first kappa shape index (κ1) is 18.3. The standard InChI is InChI=1S/C11H18N2O6S/c1-2-5-20(19)6-8(11(17)18)13-9(14)4-3-7(12)10(15)16/h2,5,7-8H,3-4,6,12H2,1H3,(H,13,14)(H,15,16)(H,17,18)/b5-2-. The molecule has 3 atom stereocenters. The number of carbonyl (C=O) groups is 3. The second-order valence-corrected chi connectivity index (χ2v) is 5.33. The lowest BCUT2D eigenvalue weighted by Gasteiger charge is -2.13. The number of amides is 1. The number of aliphatic carboxylic acids is 2. The summed E-state index contributed by atoms with van der Waals surface area (Å²) in [6.07, 6.45) is 1.20. The molecule has 0 aliphatic rings. The zero-order valence-corrected chi connectivity index (χ0v) is 11.8. The first-order chi connectivity index (χ1) is 9.27. The molecule has 0 saturated heterocycles. The van der Waals surface area contributed by atoms with Crippen LogP contribution in [0.5, 0.6) is 0 Å². The Morgan fingerprint density at radius 2 is 1.90 bits per heavy atom. The molecule has 3 unspecified atom stereocenters. The van der Waals surface area contributed by atoms with Crippen molar-refractivity contribution in [1.82, 2.24) is 5.32 Å². The van der Waals surface area contributed by atoms with Crippen molar-refractivity contribution in [2.45, 2.75) is 31.8 Å². The van der Waals surface area contributed by atoms with Crippen LogP contribution in [0.3, 0.4) is 0 Å². The summed E-state index contributed by atoms with van der Waals surface area (Å²) in [5, 5.41) is 21.0. The van der Waals surface area contributed by atoms with Crippen LogP contribution in [0.2, 0.25) is 0 Å². The van der Waals surface area contributed by atoms with Gasteiger partial charge < -0.3 is 21.3 Å². The quantitative estimate of drug-likeness (QED) is 0.428. The van der Waals surface area contributed by atoms with Gasteiger partial charge in [-0.05, 0) is 18.8 Å². The lowest BCUT2D eigenvalue weighted by atomic mass is 10.1. The van der Waals surface area contributed by atoms with E-state index in [0.717, 1.165) is 0 Å². The molecule has 0 radical (unpaired) electrons. The average Bonchev–Trinajstić information content (AvgIpc) is 2.35. The van der Waals surface area contributed by atoms with Gasteiger partial charge in [0.2, 0.25) is 5.91 Å². The first-order valence-corrected chi connectivity index (χ1v) is 7.16. The number of carboxylic acids is 2. The molecule has 0 aromatic heterocycles. The van der Waals surface area contributed by atoms with Crippen LogP contribution in [0.4, 0.5) is 0 Å². The van der Waals surface area contributed by atoms with Crippen molar-refractivity contribution >= 4 is 28.6 Å². The van der Waals surface area contributed by atoms with Crippen molar-refractivity contribution in [3.63, 3.8) is 0 Å². The molecule has 0 bridgehead atoms. The maximum atomic E-state index is 11.5. The molecule has 0 rings (SSSR count). The van der Waals surface area contributed by atoms with Crippen LogP contribution in [0.25, 0.3) is 0 Å². The maximum Gasteiger partial charge on any atom is 0.327 e. The molecule has 0 heterocycles. The van der Waals surface area contributed by atoms with Gasteiger partial charge in [0.05, 0.1) is 5.75 Å². The molecular weight excluding hydrogens is 288 g/mol. The number of hydrogen-bond acceptors (Lipinski definition) is 5. The minimum absolute atomic E-state index is 0.106. The molecule has 20 heavy (non-hydrogen) atoms. The summed E-state index contributed by atoms with van der Waals surface area (Å²) in [5.41, 5.74) is 5.22. The Kier molecular flexibility index (Phi) is 8.41. The lowest BCUT2D eigenvalue weighted by Crippen LogP contribution is -2.44. The van der Waals surface area contributed by atoms with Gasteiger partial charge in [-0.1, -0.05) is 6.08 Å².